The van der Waals surface area contributed by atoms with E-state index >= 15 is 0 Å². The van der Waals surface area contributed by atoms with Crippen molar-refractivity contribution in [2.75, 3.05) is 12.4 Å². The van der Waals surface area contributed by atoms with Crippen molar-refractivity contribution < 1.29 is 9.26 Å². The van der Waals surface area contributed by atoms with E-state index in [2.05, 4.69) is 35.4 Å². The van der Waals surface area contributed by atoms with Crippen molar-refractivity contribution in [3.63, 3.8) is 0 Å². The van der Waals surface area contributed by atoms with E-state index in [0.29, 0.717) is 11.8 Å². The first kappa shape index (κ1) is 14.1. The van der Waals surface area contributed by atoms with Gasteiger partial charge in [-0.3, -0.25) is 0 Å². The average Bonchev–Trinajstić information content (AvgIpc) is 2.95. The highest BCUT2D eigenvalue weighted by atomic mass is 16.5. The molecule has 5 heteroatoms. The summed E-state index contributed by atoms with van der Waals surface area (Å²) >= 11 is 0. The molecule has 2 aromatic carbocycles. The lowest BCUT2D eigenvalue weighted by Gasteiger charge is -2.04. The van der Waals surface area contributed by atoms with Gasteiger partial charge in [-0.05, 0) is 61.4 Å². The van der Waals surface area contributed by atoms with Crippen molar-refractivity contribution in [2.24, 2.45) is 0 Å². The predicted molar refractivity (Wildman–Crippen MR) is 85.5 cm³/mol. The van der Waals surface area contributed by atoms with Gasteiger partial charge in [0.1, 0.15) is 5.75 Å². The van der Waals surface area contributed by atoms with Gasteiger partial charge in [-0.1, -0.05) is 11.2 Å². The van der Waals surface area contributed by atoms with Crippen molar-refractivity contribution in [3.8, 4) is 17.1 Å². The van der Waals surface area contributed by atoms with E-state index in [0.717, 1.165) is 17.0 Å². The SMILES string of the molecule is COc1ccc(-c2noc(Nc3cc(C)cc(C)c3)n2)cc1. The van der Waals surface area contributed by atoms with Gasteiger partial charge in [0.15, 0.2) is 0 Å². The Morgan fingerprint density at radius 1 is 1.00 bits per heavy atom. The number of aryl methyl sites for hydroxylation is 2. The number of anilines is 2. The summed E-state index contributed by atoms with van der Waals surface area (Å²) in [5.74, 6) is 1.33. The minimum Gasteiger partial charge on any atom is -0.497 e. The first-order chi connectivity index (χ1) is 10.6. The molecule has 3 rings (SSSR count). The molecule has 0 aliphatic carbocycles. The summed E-state index contributed by atoms with van der Waals surface area (Å²) in [6, 6.07) is 14.1. The van der Waals surface area contributed by atoms with Crippen LogP contribution in [0, 0.1) is 13.8 Å². The molecule has 0 amide bonds. The zero-order valence-corrected chi connectivity index (χ0v) is 12.8. The molecule has 1 aromatic heterocycles. The molecule has 112 valence electrons. The molecule has 0 radical (unpaired) electrons. The molecular weight excluding hydrogens is 278 g/mol. The lowest BCUT2D eigenvalue weighted by Crippen LogP contribution is -1.92. The number of benzene rings is 2. The normalized spacial score (nSPS) is 10.5. The second-order valence-corrected chi connectivity index (χ2v) is 5.15. The lowest BCUT2D eigenvalue weighted by molar-refractivity contribution is 0.415. The Labute approximate surface area is 128 Å². The molecule has 0 atom stereocenters. The molecule has 1 heterocycles. The maximum absolute atomic E-state index is 5.26. The molecule has 22 heavy (non-hydrogen) atoms. The predicted octanol–water partition coefficient (Wildman–Crippen LogP) is 4.11. The summed E-state index contributed by atoms with van der Waals surface area (Å²) in [7, 11) is 1.63. The van der Waals surface area contributed by atoms with Crippen LogP contribution in [0.1, 0.15) is 11.1 Å². The van der Waals surface area contributed by atoms with Gasteiger partial charge >= 0.3 is 6.01 Å². The van der Waals surface area contributed by atoms with Crippen LogP contribution in [0.4, 0.5) is 11.7 Å². The topological polar surface area (TPSA) is 60.2 Å². The number of nitrogens with zero attached hydrogens (tertiary/aromatic N) is 2. The van der Waals surface area contributed by atoms with Gasteiger partial charge in [0.2, 0.25) is 5.82 Å². The second kappa shape index (κ2) is 5.89. The van der Waals surface area contributed by atoms with Gasteiger partial charge in [0.25, 0.3) is 0 Å². The second-order valence-electron chi connectivity index (χ2n) is 5.15. The van der Waals surface area contributed by atoms with Gasteiger partial charge in [0, 0.05) is 11.3 Å². The average molecular weight is 295 g/mol. The smallest absolute Gasteiger partial charge is 0.326 e. The summed E-state index contributed by atoms with van der Waals surface area (Å²) in [5, 5.41) is 7.13. The zero-order chi connectivity index (χ0) is 15.5. The van der Waals surface area contributed by atoms with E-state index in [4.69, 9.17) is 9.26 Å². The molecule has 0 bridgehead atoms. The molecule has 0 aliphatic heterocycles. The number of methoxy groups -OCH3 is 1. The Hall–Kier alpha value is -2.82. The number of aromatic nitrogens is 2. The van der Waals surface area contributed by atoms with Crippen molar-refractivity contribution in [2.45, 2.75) is 13.8 Å². The maximum atomic E-state index is 5.26. The number of nitrogens with one attached hydrogen (secondary N) is 1. The third-order valence-electron chi connectivity index (χ3n) is 3.25. The van der Waals surface area contributed by atoms with Crippen LogP contribution in [0.2, 0.25) is 0 Å². The Morgan fingerprint density at radius 3 is 2.32 bits per heavy atom. The van der Waals surface area contributed by atoms with Crippen LogP contribution < -0.4 is 10.1 Å². The highest BCUT2D eigenvalue weighted by molar-refractivity contribution is 5.59. The molecule has 0 saturated heterocycles. The van der Waals surface area contributed by atoms with Gasteiger partial charge in [-0.25, -0.2) is 0 Å². The highest BCUT2D eigenvalue weighted by Gasteiger charge is 2.09. The van der Waals surface area contributed by atoms with Crippen LogP contribution in [-0.4, -0.2) is 17.3 Å². The van der Waals surface area contributed by atoms with Crippen LogP contribution in [0.25, 0.3) is 11.4 Å². The van der Waals surface area contributed by atoms with Crippen LogP contribution >= 0.6 is 0 Å². The van der Waals surface area contributed by atoms with E-state index in [1.807, 2.05) is 36.4 Å². The van der Waals surface area contributed by atoms with Crippen molar-refractivity contribution in [1.29, 1.82) is 0 Å². The van der Waals surface area contributed by atoms with Gasteiger partial charge in [-0.2, -0.15) is 4.98 Å². The zero-order valence-electron chi connectivity index (χ0n) is 12.8. The fourth-order valence-corrected chi connectivity index (χ4v) is 2.30. The van der Waals surface area contributed by atoms with Gasteiger partial charge in [-0.15, -0.1) is 0 Å². The molecule has 0 aliphatic rings. The Kier molecular flexibility index (Phi) is 3.78. The Bertz CT molecular complexity index is 759. The minimum atomic E-state index is 0.371. The standard InChI is InChI=1S/C17H17N3O2/c1-11-8-12(2)10-14(9-11)18-17-19-16(20-22-17)13-4-6-15(21-3)7-5-13/h4-10H,1-3H3,(H,18,19,20). The highest BCUT2D eigenvalue weighted by Crippen LogP contribution is 2.23. The van der Waals surface area contributed by atoms with E-state index in [1.54, 1.807) is 7.11 Å². The monoisotopic (exact) mass is 295 g/mol. The minimum absolute atomic E-state index is 0.371. The lowest BCUT2D eigenvalue weighted by atomic mass is 10.1. The first-order valence-electron chi connectivity index (χ1n) is 6.97. The number of hydrogen-bond donors (Lipinski definition) is 1. The Balaban J connectivity index is 1.80. The quantitative estimate of drug-likeness (QED) is 0.785. The third kappa shape index (κ3) is 3.09. The summed E-state index contributed by atoms with van der Waals surface area (Å²) in [6.45, 7) is 4.10. The molecule has 5 nitrogen and oxygen atoms in total. The first-order valence-corrected chi connectivity index (χ1v) is 6.97. The van der Waals surface area contributed by atoms with Crippen molar-refractivity contribution >= 4 is 11.7 Å². The van der Waals surface area contributed by atoms with Crippen LogP contribution in [0.15, 0.2) is 47.0 Å². The number of ether oxygens (including phenoxy) is 1. The molecular formula is C17H17N3O2. The van der Waals surface area contributed by atoms with E-state index in [-0.39, 0.29) is 0 Å². The third-order valence-corrected chi connectivity index (χ3v) is 3.25. The van der Waals surface area contributed by atoms with E-state index < -0.39 is 0 Å². The molecule has 1 N–H and O–H groups in total. The fraction of sp³-hybridized carbons (Fsp3) is 0.176. The summed E-state index contributed by atoms with van der Waals surface area (Å²) < 4.78 is 10.4. The van der Waals surface area contributed by atoms with Crippen molar-refractivity contribution in [1.82, 2.24) is 10.1 Å². The van der Waals surface area contributed by atoms with Gasteiger partial charge < -0.3 is 14.6 Å². The fourth-order valence-electron chi connectivity index (χ4n) is 2.30. The molecule has 3 aromatic rings. The summed E-state index contributed by atoms with van der Waals surface area (Å²) in [5.41, 5.74) is 4.16. The molecule has 0 saturated carbocycles. The van der Waals surface area contributed by atoms with E-state index in [9.17, 15) is 0 Å². The summed E-state index contributed by atoms with van der Waals surface area (Å²) in [6.07, 6.45) is 0. The maximum Gasteiger partial charge on any atom is 0.326 e. The Morgan fingerprint density at radius 2 is 1.68 bits per heavy atom. The largest absolute Gasteiger partial charge is 0.497 e. The van der Waals surface area contributed by atoms with Gasteiger partial charge in [0.05, 0.1) is 7.11 Å². The molecule has 0 spiro atoms. The number of rotatable bonds is 4. The molecule has 0 fully saturated rings. The number of hydrogen-bond acceptors (Lipinski definition) is 5. The molecule has 0 unspecified atom stereocenters. The van der Waals surface area contributed by atoms with Crippen LogP contribution in [0.3, 0.4) is 0 Å². The van der Waals surface area contributed by atoms with Crippen LogP contribution in [0.5, 0.6) is 5.75 Å². The summed E-state index contributed by atoms with van der Waals surface area (Å²) in [4.78, 5) is 4.36. The van der Waals surface area contributed by atoms with E-state index in [1.165, 1.54) is 11.1 Å². The van der Waals surface area contributed by atoms with Crippen LogP contribution in [-0.2, 0) is 0 Å². The van der Waals surface area contributed by atoms with Crippen molar-refractivity contribution in [3.05, 3.63) is 53.6 Å².